The molecule has 0 radical (unpaired) electrons. The zero-order chi connectivity index (χ0) is 14.3. The molecule has 1 aromatic heterocycles. The first kappa shape index (κ1) is 13.6. The Balaban J connectivity index is 1.95. The van der Waals surface area contributed by atoms with Gasteiger partial charge in [-0.15, -0.1) is 0 Å². The molecule has 2 amide bonds. The zero-order valence-corrected chi connectivity index (χ0v) is 13.7. The molecule has 1 aliphatic heterocycles. The van der Waals surface area contributed by atoms with Crippen molar-refractivity contribution in [3.8, 4) is 0 Å². The number of urea groups is 1. The summed E-state index contributed by atoms with van der Waals surface area (Å²) in [7, 11) is 1.81. The zero-order valence-electron chi connectivity index (χ0n) is 11.3. The van der Waals surface area contributed by atoms with Crippen molar-refractivity contribution in [3.63, 3.8) is 0 Å². The van der Waals surface area contributed by atoms with E-state index < -0.39 is 0 Å². The lowest BCUT2D eigenvalue weighted by atomic mass is 10.0. The molecule has 5 heteroatoms. The molecule has 0 spiro atoms. The van der Waals surface area contributed by atoms with Crippen molar-refractivity contribution in [2.24, 2.45) is 0 Å². The molecule has 20 heavy (non-hydrogen) atoms. The van der Waals surface area contributed by atoms with Gasteiger partial charge in [0.05, 0.1) is 4.83 Å². The number of aryl methyl sites for hydroxylation is 1. The number of hydrogen-bond acceptors (Lipinski definition) is 2. The van der Waals surface area contributed by atoms with E-state index >= 15 is 0 Å². The summed E-state index contributed by atoms with van der Waals surface area (Å²) >= 11 is 5.51. The van der Waals surface area contributed by atoms with E-state index in [1.165, 1.54) is 16.7 Å². The number of carbonyl (C=O) groups excluding carboxylic acids is 1. The number of nitrogens with zero attached hydrogens (tertiary/aromatic N) is 1. The Hall–Kier alpha value is -1.33. The molecule has 1 aliphatic rings. The predicted octanol–water partition coefficient (Wildman–Crippen LogP) is 4.52. The Morgan fingerprint density at radius 3 is 2.90 bits per heavy atom. The first-order chi connectivity index (χ1) is 9.56. The second-order valence-corrected chi connectivity index (χ2v) is 6.73. The minimum atomic E-state index is -0.0469. The summed E-state index contributed by atoms with van der Waals surface area (Å²) in [4.78, 5) is 13.5. The van der Waals surface area contributed by atoms with E-state index in [9.17, 15) is 4.79 Å². The molecule has 0 bridgehead atoms. The van der Waals surface area contributed by atoms with Crippen LogP contribution in [-0.2, 0) is 6.54 Å². The third kappa shape index (κ3) is 2.36. The molecule has 3 nitrogen and oxygen atoms in total. The maximum atomic E-state index is 11.6. The summed E-state index contributed by atoms with van der Waals surface area (Å²) in [5.41, 5.74) is 5.90. The Morgan fingerprint density at radius 2 is 2.20 bits per heavy atom. The van der Waals surface area contributed by atoms with Crippen molar-refractivity contribution < 1.29 is 4.79 Å². The summed E-state index contributed by atoms with van der Waals surface area (Å²) in [6.45, 7) is 2.78. The molecule has 2 aromatic rings. The van der Waals surface area contributed by atoms with Crippen LogP contribution >= 0.6 is 27.3 Å². The van der Waals surface area contributed by atoms with Gasteiger partial charge in [0.25, 0.3) is 0 Å². The first-order valence-electron chi connectivity index (χ1n) is 6.38. The monoisotopic (exact) mass is 350 g/mol. The molecule has 1 N–H and O–H groups in total. The molecule has 104 valence electrons. The van der Waals surface area contributed by atoms with Gasteiger partial charge in [0.1, 0.15) is 0 Å². The minimum Gasteiger partial charge on any atom is -0.323 e. The van der Waals surface area contributed by atoms with Crippen LogP contribution in [0.4, 0.5) is 10.5 Å². The fourth-order valence-electron chi connectivity index (χ4n) is 2.37. The van der Waals surface area contributed by atoms with Crippen LogP contribution in [0.25, 0.3) is 0 Å². The highest BCUT2D eigenvalue weighted by Crippen LogP contribution is 2.36. The van der Waals surface area contributed by atoms with Gasteiger partial charge >= 0.3 is 6.03 Å². The van der Waals surface area contributed by atoms with Crippen LogP contribution in [-0.4, -0.2) is 18.0 Å². The fourth-order valence-corrected chi connectivity index (χ4v) is 4.20. The highest BCUT2D eigenvalue weighted by molar-refractivity contribution is 9.09. The summed E-state index contributed by atoms with van der Waals surface area (Å²) in [6.07, 6.45) is 0. The number of fused-ring (bicyclic) bond motifs is 1. The van der Waals surface area contributed by atoms with E-state index in [0.717, 1.165) is 11.3 Å². The van der Waals surface area contributed by atoms with Crippen molar-refractivity contribution in [2.75, 3.05) is 12.4 Å². The molecule has 1 aromatic carbocycles. The first-order valence-corrected chi connectivity index (χ1v) is 8.24. The van der Waals surface area contributed by atoms with Gasteiger partial charge in [-0.2, -0.15) is 11.3 Å². The van der Waals surface area contributed by atoms with Gasteiger partial charge in [0.2, 0.25) is 0 Å². The minimum absolute atomic E-state index is 0.0469. The van der Waals surface area contributed by atoms with Crippen LogP contribution in [0.5, 0.6) is 0 Å². The number of thiophene rings is 1. The normalized spacial score (nSPS) is 15.8. The maximum absolute atomic E-state index is 11.6. The van der Waals surface area contributed by atoms with Crippen LogP contribution in [0.3, 0.4) is 0 Å². The van der Waals surface area contributed by atoms with Crippen molar-refractivity contribution in [1.29, 1.82) is 0 Å². The number of hydrogen-bond donors (Lipinski definition) is 1. The van der Waals surface area contributed by atoms with Crippen LogP contribution in [0, 0.1) is 6.92 Å². The Bertz CT molecular complexity index is 668. The topological polar surface area (TPSA) is 32.3 Å². The Morgan fingerprint density at radius 1 is 1.40 bits per heavy atom. The third-order valence-electron chi connectivity index (χ3n) is 3.59. The van der Waals surface area contributed by atoms with Crippen LogP contribution < -0.4 is 5.32 Å². The number of halogens is 1. The SMILES string of the molecule is Cc1cscc1C(Br)c1ccc2c(c1)CN(C)C(=O)N2. The summed E-state index contributed by atoms with van der Waals surface area (Å²) in [5.74, 6) is 0. The third-order valence-corrected chi connectivity index (χ3v) is 5.49. The van der Waals surface area contributed by atoms with Crippen molar-refractivity contribution >= 4 is 39.0 Å². The number of alkyl halides is 1. The van der Waals surface area contributed by atoms with E-state index in [2.05, 4.69) is 51.1 Å². The second-order valence-electron chi connectivity index (χ2n) is 5.08. The highest BCUT2D eigenvalue weighted by Gasteiger charge is 2.21. The molecular weight excluding hydrogens is 336 g/mol. The predicted molar refractivity (Wildman–Crippen MR) is 86.8 cm³/mol. The van der Waals surface area contributed by atoms with Crippen molar-refractivity contribution in [1.82, 2.24) is 4.90 Å². The lowest BCUT2D eigenvalue weighted by Crippen LogP contribution is -2.35. The van der Waals surface area contributed by atoms with E-state index in [1.807, 2.05) is 6.07 Å². The molecule has 0 saturated heterocycles. The Labute approximate surface area is 130 Å². The molecular formula is C15H15BrN2OS. The smallest absolute Gasteiger partial charge is 0.321 e. The average molecular weight is 351 g/mol. The van der Waals surface area contributed by atoms with E-state index in [1.54, 1.807) is 23.3 Å². The van der Waals surface area contributed by atoms with Gasteiger partial charge < -0.3 is 10.2 Å². The second kappa shape index (κ2) is 5.22. The number of amides is 2. The van der Waals surface area contributed by atoms with Crippen molar-refractivity contribution in [2.45, 2.75) is 18.3 Å². The molecule has 3 rings (SSSR count). The quantitative estimate of drug-likeness (QED) is 0.793. The standard InChI is InChI=1S/C15H15BrN2OS/c1-9-7-20-8-12(9)14(16)10-3-4-13-11(5-10)6-18(2)15(19)17-13/h3-5,7-8,14H,6H2,1-2H3,(H,17,19). The number of benzene rings is 1. The number of nitrogens with one attached hydrogen (secondary N) is 1. The van der Waals surface area contributed by atoms with Gasteiger partial charge in [-0.3, -0.25) is 0 Å². The Kier molecular flexibility index (Phi) is 3.56. The average Bonchev–Trinajstić information content (AvgIpc) is 2.85. The van der Waals surface area contributed by atoms with Gasteiger partial charge in [0.15, 0.2) is 0 Å². The summed E-state index contributed by atoms with van der Waals surface area (Å²) in [5, 5.41) is 7.24. The van der Waals surface area contributed by atoms with Gasteiger partial charge in [-0.05, 0) is 46.0 Å². The molecule has 0 saturated carbocycles. The van der Waals surface area contributed by atoms with E-state index in [-0.39, 0.29) is 10.9 Å². The lowest BCUT2D eigenvalue weighted by Gasteiger charge is -2.26. The number of rotatable bonds is 2. The molecule has 0 aliphatic carbocycles. The number of anilines is 1. The maximum Gasteiger partial charge on any atom is 0.321 e. The number of carbonyl (C=O) groups is 1. The van der Waals surface area contributed by atoms with Gasteiger partial charge in [-0.25, -0.2) is 4.79 Å². The van der Waals surface area contributed by atoms with E-state index in [4.69, 9.17) is 0 Å². The van der Waals surface area contributed by atoms with Crippen LogP contribution in [0.15, 0.2) is 29.0 Å². The van der Waals surface area contributed by atoms with Crippen molar-refractivity contribution in [3.05, 3.63) is 51.2 Å². The van der Waals surface area contributed by atoms with Crippen LogP contribution in [0.2, 0.25) is 0 Å². The summed E-state index contributed by atoms with van der Waals surface area (Å²) in [6, 6.07) is 6.18. The molecule has 1 atom stereocenters. The summed E-state index contributed by atoms with van der Waals surface area (Å²) < 4.78 is 0. The van der Waals surface area contributed by atoms with Gasteiger partial charge in [0, 0.05) is 19.3 Å². The molecule has 0 fully saturated rings. The largest absolute Gasteiger partial charge is 0.323 e. The highest BCUT2D eigenvalue weighted by atomic mass is 79.9. The van der Waals surface area contributed by atoms with Crippen LogP contribution in [0.1, 0.15) is 27.1 Å². The van der Waals surface area contributed by atoms with E-state index in [0.29, 0.717) is 6.54 Å². The molecule has 1 unspecified atom stereocenters. The lowest BCUT2D eigenvalue weighted by molar-refractivity contribution is 0.218. The molecule has 2 heterocycles. The fraction of sp³-hybridized carbons (Fsp3) is 0.267. The van der Waals surface area contributed by atoms with Gasteiger partial charge in [-0.1, -0.05) is 28.1 Å².